The van der Waals surface area contributed by atoms with Crippen molar-refractivity contribution in [3.63, 3.8) is 0 Å². The molecule has 7 nitrogen and oxygen atoms in total. The van der Waals surface area contributed by atoms with Crippen LogP contribution in [0.15, 0.2) is 9.37 Å². The molecule has 0 aromatic carbocycles. The summed E-state index contributed by atoms with van der Waals surface area (Å²) in [5, 5.41) is 2.18. The maximum Gasteiger partial charge on any atom is 0.325 e. The van der Waals surface area contributed by atoms with Crippen LogP contribution in [-0.2, 0) is 24.3 Å². The Bertz CT molecular complexity index is 661. The monoisotopic (exact) mass is 438 g/mol. The first-order chi connectivity index (χ1) is 9.69. The number of rotatable bonds is 6. The number of carbonyl (C=O) groups is 2. The van der Waals surface area contributed by atoms with Gasteiger partial charge in [0.25, 0.3) is 0 Å². The van der Waals surface area contributed by atoms with E-state index in [1.165, 1.54) is 0 Å². The summed E-state index contributed by atoms with van der Waals surface area (Å²) in [6.07, 6.45) is 0. The van der Waals surface area contributed by atoms with Crippen molar-refractivity contribution in [1.29, 1.82) is 0 Å². The predicted molar refractivity (Wildman–Crippen MR) is 82.3 cm³/mol. The van der Waals surface area contributed by atoms with Crippen molar-refractivity contribution in [3.8, 4) is 0 Å². The summed E-state index contributed by atoms with van der Waals surface area (Å²) >= 11 is 15.5. The molecule has 12 heteroatoms. The fourth-order valence-electron chi connectivity index (χ4n) is 1.11. The van der Waals surface area contributed by atoms with Crippen molar-refractivity contribution < 1.29 is 22.7 Å². The second-order valence-electron chi connectivity index (χ2n) is 3.47. The van der Waals surface area contributed by atoms with Gasteiger partial charge in [0.2, 0.25) is 15.9 Å². The molecule has 2 N–H and O–H groups in total. The van der Waals surface area contributed by atoms with Crippen molar-refractivity contribution >= 4 is 72.4 Å². The first-order valence-electron chi connectivity index (χ1n) is 5.15. The van der Waals surface area contributed by atoms with Crippen LogP contribution in [0.3, 0.4) is 0 Å². The number of esters is 1. The van der Waals surface area contributed by atoms with Gasteiger partial charge in [-0.2, -0.15) is 0 Å². The molecule has 0 saturated heterocycles. The van der Waals surface area contributed by atoms with Crippen LogP contribution >= 0.6 is 50.5 Å². The zero-order valence-corrected chi connectivity index (χ0v) is 15.1. The maximum absolute atomic E-state index is 12.0. The van der Waals surface area contributed by atoms with Gasteiger partial charge in [-0.15, -0.1) is 11.3 Å². The Morgan fingerprint density at radius 2 is 1.90 bits per heavy atom. The number of methoxy groups -OCH3 is 1. The molecule has 1 aromatic rings. The lowest BCUT2D eigenvalue weighted by Gasteiger charge is -2.07. The van der Waals surface area contributed by atoms with Crippen molar-refractivity contribution in [1.82, 2.24) is 10.0 Å². The molecule has 1 heterocycles. The molecule has 0 spiro atoms. The van der Waals surface area contributed by atoms with E-state index in [1.54, 1.807) is 0 Å². The summed E-state index contributed by atoms with van der Waals surface area (Å²) < 4.78 is 30.7. The fraction of sp³-hybridized carbons (Fsp3) is 0.333. The third kappa shape index (κ3) is 5.08. The van der Waals surface area contributed by atoms with E-state index in [-0.39, 0.29) is 24.6 Å². The van der Waals surface area contributed by atoms with E-state index in [4.69, 9.17) is 23.2 Å². The quantitative estimate of drug-likeness (QED) is 0.652. The van der Waals surface area contributed by atoms with E-state index in [2.05, 4.69) is 30.7 Å². The molecule has 118 valence electrons. The molecule has 21 heavy (non-hydrogen) atoms. The molecule has 1 amide bonds. The smallest absolute Gasteiger partial charge is 0.325 e. The summed E-state index contributed by atoms with van der Waals surface area (Å²) in [6.45, 7) is -0.915. The van der Waals surface area contributed by atoms with Gasteiger partial charge >= 0.3 is 5.97 Å². The van der Waals surface area contributed by atoms with Crippen LogP contribution in [0.2, 0.25) is 8.67 Å². The Kier molecular flexibility index (Phi) is 6.88. The summed E-state index contributed by atoms with van der Waals surface area (Å²) in [5.74, 6) is -1.35. The molecular weight excluding hydrogens is 431 g/mol. The number of thiophene rings is 1. The number of nitrogens with one attached hydrogen (secondary N) is 2. The fourth-order valence-corrected chi connectivity index (χ4v) is 5.64. The maximum atomic E-state index is 12.0. The SMILES string of the molecule is COC(=O)CNC(=O)CNS(=O)(=O)c1c(Cl)sc(Cl)c1Br. The van der Waals surface area contributed by atoms with Gasteiger partial charge in [-0.25, -0.2) is 13.1 Å². The van der Waals surface area contributed by atoms with Gasteiger partial charge in [-0.3, -0.25) is 9.59 Å². The number of carbonyl (C=O) groups excluding carboxylic acids is 2. The molecule has 0 aliphatic rings. The van der Waals surface area contributed by atoms with Crippen molar-refractivity contribution in [2.75, 3.05) is 20.2 Å². The molecule has 0 aliphatic heterocycles. The first-order valence-corrected chi connectivity index (χ1v) is 9.00. The molecule has 0 aliphatic carbocycles. The Balaban J connectivity index is 2.70. The van der Waals surface area contributed by atoms with E-state index in [1.807, 2.05) is 0 Å². The molecule has 0 unspecified atom stereocenters. The molecule has 0 saturated carbocycles. The highest BCUT2D eigenvalue weighted by Crippen LogP contribution is 2.42. The van der Waals surface area contributed by atoms with Gasteiger partial charge in [-0.05, 0) is 15.9 Å². The Morgan fingerprint density at radius 3 is 2.38 bits per heavy atom. The van der Waals surface area contributed by atoms with Gasteiger partial charge in [-0.1, -0.05) is 23.2 Å². The van der Waals surface area contributed by atoms with Crippen LogP contribution in [0.25, 0.3) is 0 Å². The second-order valence-corrected chi connectivity index (χ2v) is 8.19. The second kappa shape index (κ2) is 7.75. The lowest BCUT2D eigenvalue weighted by atomic mass is 10.5. The highest BCUT2D eigenvalue weighted by Gasteiger charge is 2.26. The van der Waals surface area contributed by atoms with Crippen LogP contribution < -0.4 is 10.0 Å². The van der Waals surface area contributed by atoms with Crippen LogP contribution in [0.1, 0.15) is 0 Å². The first kappa shape index (κ1) is 18.7. The number of hydrogen-bond donors (Lipinski definition) is 2. The molecule has 0 fully saturated rings. The third-order valence-electron chi connectivity index (χ3n) is 2.08. The highest BCUT2D eigenvalue weighted by molar-refractivity contribution is 9.10. The van der Waals surface area contributed by atoms with E-state index >= 15 is 0 Å². The zero-order valence-electron chi connectivity index (χ0n) is 10.4. The molecule has 0 bridgehead atoms. The van der Waals surface area contributed by atoms with Gasteiger partial charge in [0, 0.05) is 0 Å². The number of ether oxygens (including phenoxy) is 1. The standard InChI is InChI=1S/C9H9BrCl2N2O5S2/c1-19-5(16)3-13-4(15)2-14-21(17,18)7-6(10)8(11)20-9(7)12/h14H,2-3H2,1H3,(H,13,15). The normalized spacial score (nSPS) is 11.2. The topological polar surface area (TPSA) is 102 Å². The lowest BCUT2D eigenvalue weighted by Crippen LogP contribution is -2.39. The molecule has 1 aromatic heterocycles. The minimum absolute atomic E-state index is 0.0330. The van der Waals surface area contributed by atoms with Crippen molar-refractivity contribution in [3.05, 3.63) is 13.1 Å². The van der Waals surface area contributed by atoms with Crippen molar-refractivity contribution in [2.45, 2.75) is 4.90 Å². The average molecular weight is 440 g/mol. The van der Waals surface area contributed by atoms with Gasteiger partial charge in [0.1, 0.15) is 20.1 Å². The van der Waals surface area contributed by atoms with Crippen LogP contribution in [0, 0.1) is 0 Å². The molecule has 0 radical (unpaired) electrons. The Hall–Kier alpha value is -0.390. The zero-order chi connectivity index (χ0) is 16.2. The minimum Gasteiger partial charge on any atom is -0.468 e. The summed E-state index contributed by atoms with van der Waals surface area (Å²) in [5.41, 5.74) is 0. The molecule has 1 rings (SSSR count). The van der Waals surface area contributed by atoms with Crippen molar-refractivity contribution in [2.24, 2.45) is 0 Å². The molecular formula is C9H9BrCl2N2O5S2. The van der Waals surface area contributed by atoms with Gasteiger partial charge < -0.3 is 10.1 Å². The van der Waals surface area contributed by atoms with Crippen LogP contribution in [0.4, 0.5) is 0 Å². The van der Waals surface area contributed by atoms with E-state index in [0.717, 1.165) is 18.4 Å². The molecule has 0 atom stereocenters. The van der Waals surface area contributed by atoms with E-state index in [9.17, 15) is 18.0 Å². The summed E-state index contributed by atoms with van der Waals surface area (Å²) in [7, 11) is -2.86. The number of halogens is 3. The van der Waals surface area contributed by atoms with Crippen LogP contribution in [-0.4, -0.2) is 40.5 Å². The van der Waals surface area contributed by atoms with E-state index < -0.39 is 28.4 Å². The highest BCUT2D eigenvalue weighted by atomic mass is 79.9. The summed E-state index contributed by atoms with van der Waals surface area (Å²) in [4.78, 5) is 22.0. The number of sulfonamides is 1. The average Bonchev–Trinajstić information content (AvgIpc) is 2.67. The summed E-state index contributed by atoms with van der Waals surface area (Å²) in [6, 6.07) is 0. The van der Waals surface area contributed by atoms with Gasteiger partial charge in [0.15, 0.2) is 0 Å². The Morgan fingerprint density at radius 1 is 1.29 bits per heavy atom. The van der Waals surface area contributed by atoms with E-state index in [0.29, 0.717) is 0 Å². The predicted octanol–water partition coefficient (Wildman–Crippen LogP) is 1.38. The lowest BCUT2D eigenvalue weighted by molar-refractivity contribution is -0.141. The number of hydrogen-bond acceptors (Lipinski definition) is 6. The van der Waals surface area contributed by atoms with Gasteiger partial charge in [0.05, 0.1) is 18.1 Å². The Labute approximate surface area is 143 Å². The largest absolute Gasteiger partial charge is 0.468 e. The van der Waals surface area contributed by atoms with Crippen LogP contribution in [0.5, 0.6) is 0 Å². The minimum atomic E-state index is -4.02. The third-order valence-corrected chi connectivity index (χ3v) is 6.94. The number of amides is 1.